The summed E-state index contributed by atoms with van der Waals surface area (Å²) in [5.41, 5.74) is 1.33. The first kappa shape index (κ1) is 15.2. The van der Waals surface area contributed by atoms with Gasteiger partial charge in [0.05, 0.1) is 6.26 Å². The predicted octanol–water partition coefficient (Wildman–Crippen LogP) is 2.62. The van der Waals surface area contributed by atoms with Crippen LogP contribution in [0.1, 0.15) is 18.2 Å². The van der Waals surface area contributed by atoms with E-state index in [9.17, 15) is 0 Å². The van der Waals surface area contributed by atoms with Crippen LogP contribution in [0.4, 0.5) is 0 Å². The van der Waals surface area contributed by atoms with Crippen molar-refractivity contribution in [3.8, 4) is 0 Å². The Morgan fingerprint density at radius 1 is 1.05 bits per heavy atom. The van der Waals surface area contributed by atoms with Gasteiger partial charge < -0.3 is 15.1 Å². The van der Waals surface area contributed by atoms with E-state index in [1.807, 2.05) is 18.2 Å². The molecule has 0 saturated carbocycles. The molecule has 0 aliphatic heterocycles. The van der Waals surface area contributed by atoms with Crippen LogP contribution in [-0.2, 0) is 12.8 Å². The minimum Gasteiger partial charge on any atom is -0.469 e. The molecular formula is C17H23N3O. The monoisotopic (exact) mass is 285 g/mol. The van der Waals surface area contributed by atoms with Crippen LogP contribution in [0, 0.1) is 0 Å². The fraction of sp³-hybridized carbons (Fsp3) is 0.353. The van der Waals surface area contributed by atoms with Crippen molar-refractivity contribution in [3.05, 3.63) is 60.1 Å². The zero-order chi connectivity index (χ0) is 14.8. The Balaban J connectivity index is 1.75. The molecule has 1 aromatic heterocycles. The van der Waals surface area contributed by atoms with Gasteiger partial charge in [-0.3, -0.25) is 4.99 Å². The molecule has 21 heavy (non-hydrogen) atoms. The summed E-state index contributed by atoms with van der Waals surface area (Å²) >= 11 is 0. The van der Waals surface area contributed by atoms with Crippen LogP contribution in [0.2, 0.25) is 0 Å². The number of hydrogen-bond donors (Lipinski definition) is 2. The molecule has 112 valence electrons. The van der Waals surface area contributed by atoms with Crippen LogP contribution >= 0.6 is 0 Å². The molecule has 0 radical (unpaired) electrons. The first-order chi connectivity index (χ1) is 10.4. The van der Waals surface area contributed by atoms with Crippen LogP contribution in [0.25, 0.3) is 0 Å². The lowest BCUT2D eigenvalue weighted by Crippen LogP contribution is -2.38. The summed E-state index contributed by atoms with van der Waals surface area (Å²) in [6.45, 7) is 4.52. The molecule has 4 nitrogen and oxygen atoms in total. The second-order valence-corrected chi connectivity index (χ2v) is 4.75. The Morgan fingerprint density at radius 2 is 1.90 bits per heavy atom. The van der Waals surface area contributed by atoms with Gasteiger partial charge in [-0.2, -0.15) is 0 Å². The minimum atomic E-state index is 0.716. The smallest absolute Gasteiger partial charge is 0.191 e. The largest absolute Gasteiger partial charge is 0.469 e. The minimum absolute atomic E-state index is 0.716. The number of benzene rings is 1. The van der Waals surface area contributed by atoms with Gasteiger partial charge in [-0.25, -0.2) is 0 Å². The summed E-state index contributed by atoms with van der Waals surface area (Å²) in [5.74, 6) is 1.83. The van der Waals surface area contributed by atoms with Crippen molar-refractivity contribution in [2.45, 2.75) is 19.8 Å². The summed E-state index contributed by atoms with van der Waals surface area (Å²) in [5, 5.41) is 6.61. The Labute approximate surface area is 126 Å². The van der Waals surface area contributed by atoms with Crippen LogP contribution in [0.15, 0.2) is 58.1 Å². The molecule has 0 unspecified atom stereocenters. The van der Waals surface area contributed by atoms with Crippen LogP contribution in [0.5, 0.6) is 0 Å². The van der Waals surface area contributed by atoms with E-state index in [1.165, 1.54) is 5.56 Å². The molecule has 0 atom stereocenters. The van der Waals surface area contributed by atoms with E-state index < -0.39 is 0 Å². The molecular weight excluding hydrogens is 262 g/mol. The van der Waals surface area contributed by atoms with Gasteiger partial charge in [0, 0.05) is 26.1 Å². The van der Waals surface area contributed by atoms with Crippen molar-refractivity contribution < 1.29 is 4.42 Å². The predicted molar refractivity (Wildman–Crippen MR) is 86.5 cm³/mol. The van der Waals surface area contributed by atoms with Crippen LogP contribution in [-0.4, -0.2) is 25.6 Å². The Morgan fingerprint density at radius 3 is 2.62 bits per heavy atom. The zero-order valence-electron chi connectivity index (χ0n) is 12.5. The van der Waals surface area contributed by atoms with Crippen LogP contribution < -0.4 is 10.6 Å². The Bertz CT molecular complexity index is 520. The molecule has 1 heterocycles. The molecule has 2 rings (SSSR count). The summed E-state index contributed by atoms with van der Waals surface area (Å²) in [6, 6.07) is 14.3. The number of aliphatic imine (C=N–C) groups is 1. The number of guanidine groups is 1. The van der Waals surface area contributed by atoms with E-state index in [4.69, 9.17) is 4.42 Å². The SMILES string of the molecule is CCNC(=NCCc1ccco1)NCCc1ccccc1. The maximum atomic E-state index is 5.30. The highest BCUT2D eigenvalue weighted by molar-refractivity contribution is 5.79. The third kappa shape index (κ3) is 5.73. The Hall–Kier alpha value is -2.23. The lowest BCUT2D eigenvalue weighted by atomic mass is 10.1. The van der Waals surface area contributed by atoms with Gasteiger partial charge in [0.25, 0.3) is 0 Å². The molecule has 4 heteroatoms. The van der Waals surface area contributed by atoms with E-state index in [1.54, 1.807) is 6.26 Å². The summed E-state index contributed by atoms with van der Waals surface area (Å²) in [6.07, 6.45) is 3.51. The number of rotatable bonds is 7. The van der Waals surface area contributed by atoms with Crippen molar-refractivity contribution in [2.24, 2.45) is 4.99 Å². The fourth-order valence-corrected chi connectivity index (χ4v) is 2.04. The second kappa shape index (κ2) is 8.84. The van der Waals surface area contributed by atoms with E-state index >= 15 is 0 Å². The van der Waals surface area contributed by atoms with Crippen LogP contribution in [0.3, 0.4) is 0 Å². The third-order valence-electron chi connectivity index (χ3n) is 3.10. The van der Waals surface area contributed by atoms with Gasteiger partial charge in [0.15, 0.2) is 5.96 Å². The van der Waals surface area contributed by atoms with Crippen molar-refractivity contribution in [1.82, 2.24) is 10.6 Å². The van der Waals surface area contributed by atoms with Crippen molar-refractivity contribution in [2.75, 3.05) is 19.6 Å². The van der Waals surface area contributed by atoms with Gasteiger partial charge in [-0.1, -0.05) is 30.3 Å². The van der Waals surface area contributed by atoms with Gasteiger partial charge in [-0.05, 0) is 31.0 Å². The summed E-state index contributed by atoms with van der Waals surface area (Å²) in [7, 11) is 0. The summed E-state index contributed by atoms with van der Waals surface area (Å²) in [4.78, 5) is 4.55. The molecule has 0 bridgehead atoms. The lowest BCUT2D eigenvalue weighted by molar-refractivity contribution is 0.510. The summed E-state index contributed by atoms with van der Waals surface area (Å²) < 4.78 is 5.30. The number of nitrogens with one attached hydrogen (secondary N) is 2. The number of hydrogen-bond acceptors (Lipinski definition) is 2. The highest BCUT2D eigenvalue weighted by atomic mass is 16.3. The fourth-order valence-electron chi connectivity index (χ4n) is 2.04. The van der Waals surface area contributed by atoms with Gasteiger partial charge in [-0.15, -0.1) is 0 Å². The molecule has 2 N–H and O–H groups in total. The molecule has 0 amide bonds. The van der Waals surface area contributed by atoms with Gasteiger partial charge in [0.2, 0.25) is 0 Å². The first-order valence-corrected chi connectivity index (χ1v) is 7.47. The average Bonchev–Trinajstić information content (AvgIpc) is 3.02. The molecule has 0 fully saturated rings. The first-order valence-electron chi connectivity index (χ1n) is 7.47. The number of nitrogens with zero attached hydrogens (tertiary/aromatic N) is 1. The maximum absolute atomic E-state index is 5.30. The normalized spacial score (nSPS) is 11.4. The lowest BCUT2D eigenvalue weighted by Gasteiger charge is -2.11. The van der Waals surface area contributed by atoms with Crippen molar-refractivity contribution >= 4 is 5.96 Å². The van der Waals surface area contributed by atoms with E-state index in [0.29, 0.717) is 6.54 Å². The quantitative estimate of drug-likeness (QED) is 0.607. The Kier molecular flexibility index (Phi) is 6.39. The topological polar surface area (TPSA) is 49.6 Å². The molecule has 0 saturated heterocycles. The van der Waals surface area contributed by atoms with E-state index in [-0.39, 0.29) is 0 Å². The highest BCUT2D eigenvalue weighted by Crippen LogP contribution is 2.01. The van der Waals surface area contributed by atoms with E-state index in [0.717, 1.165) is 37.7 Å². The molecule has 1 aromatic carbocycles. The van der Waals surface area contributed by atoms with Crippen molar-refractivity contribution in [3.63, 3.8) is 0 Å². The second-order valence-electron chi connectivity index (χ2n) is 4.75. The molecule has 0 spiro atoms. The molecule has 0 aliphatic carbocycles. The maximum Gasteiger partial charge on any atom is 0.191 e. The highest BCUT2D eigenvalue weighted by Gasteiger charge is 1.99. The molecule has 2 aromatic rings. The third-order valence-corrected chi connectivity index (χ3v) is 3.10. The van der Waals surface area contributed by atoms with Gasteiger partial charge >= 0.3 is 0 Å². The van der Waals surface area contributed by atoms with E-state index in [2.05, 4.69) is 46.8 Å². The van der Waals surface area contributed by atoms with Crippen molar-refractivity contribution in [1.29, 1.82) is 0 Å². The number of furan rings is 1. The zero-order valence-corrected chi connectivity index (χ0v) is 12.5. The molecule has 0 aliphatic rings. The standard InChI is InChI=1S/C17H23N3O/c1-2-18-17(20-13-11-16-9-6-14-21-16)19-12-10-15-7-4-3-5-8-15/h3-9,14H,2,10-13H2,1H3,(H2,18,19,20). The average molecular weight is 285 g/mol. The van der Waals surface area contributed by atoms with Gasteiger partial charge in [0.1, 0.15) is 5.76 Å².